The van der Waals surface area contributed by atoms with E-state index in [1.807, 2.05) is 0 Å². The molecule has 3 heterocycles. The Balaban J connectivity index is 1.30. The summed E-state index contributed by atoms with van der Waals surface area (Å²) in [6.07, 6.45) is 1.50. The van der Waals surface area contributed by atoms with Crippen molar-refractivity contribution in [2.24, 2.45) is 0 Å². The number of halogens is 1. The van der Waals surface area contributed by atoms with E-state index in [9.17, 15) is 14.0 Å². The maximum absolute atomic E-state index is 13.5. The Bertz CT molecular complexity index is 944. The molecule has 2 fully saturated rings. The standard InChI is InChI=1S/C22H28FN5O4/c1-2-31-22(30)28-11-9-27(10-12-28)19(29)15-26-8-4-6-17(14-26)21-24-20(25-32-21)16-5-3-7-18(23)13-16/h3,5,7,13,17H,2,4,6,8-12,14-15H2,1H3/t17-/m0/s1. The van der Waals surface area contributed by atoms with E-state index in [1.165, 1.54) is 12.1 Å². The van der Waals surface area contributed by atoms with Crippen LogP contribution >= 0.6 is 0 Å². The Kier molecular flexibility index (Phi) is 6.99. The minimum Gasteiger partial charge on any atom is -0.450 e. The fourth-order valence-corrected chi connectivity index (χ4v) is 4.19. The minimum atomic E-state index is -0.348. The lowest BCUT2D eigenvalue weighted by Crippen LogP contribution is -2.53. The van der Waals surface area contributed by atoms with Crippen molar-refractivity contribution in [3.05, 3.63) is 36.0 Å². The number of ether oxygens (including phenoxy) is 1. The molecule has 0 bridgehead atoms. The lowest BCUT2D eigenvalue weighted by Gasteiger charge is -2.36. The van der Waals surface area contributed by atoms with Crippen molar-refractivity contribution in [3.63, 3.8) is 0 Å². The van der Waals surface area contributed by atoms with Crippen molar-refractivity contribution in [2.75, 3.05) is 52.4 Å². The summed E-state index contributed by atoms with van der Waals surface area (Å²) >= 11 is 0. The molecule has 1 aromatic heterocycles. The second-order valence-electron chi connectivity index (χ2n) is 8.11. The highest BCUT2D eigenvalue weighted by Gasteiger charge is 2.30. The van der Waals surface area contributed by atoms with Gasteiger partial charge in [0.2, 0.25) is 17.6 Å². The predicted molar refractivity (Wildman–Crippen MR) is 113 cm³/mol. The Labute approximate surface area is 186 Å². The Morgan fingerprint density at radius 3 is 2.72 bits per heavy atom. The molecule has 172 valence electrons. The molecule has 1 atom stereocenters. The van der Waals surface area contributed by atoms with Gasteiger partial charge in [-0.1, -0.05) is 17.3 Å². The molecule has 32 heavy (non-hydrogen) atoms. The first-order valence-electron chi connectivity index (χ1n) is 11.0. The molecule has 0 spiro atoms. The van der Waals surface area contributed by atoms with Crippen LogP contribution in [0.25, 0.3) is 11.4 Å². The number of nitrogens with zero attached hydrogens (tertiary/aromatic N) is 5. The number of piperazine rings is 1. The summed E-state index contributed by atoms with van der Waals surface area (Å²) in [7, 11) is 0. The second-order valence-corrected chi connectivity index (χ2v) is 8.11. The Morgan fingerprint density at radius 2 is 1.97 bits per heavy atom. The molecule has 4 rings (SSSR count). The minimum absolute atomic E-state index is 0.0343. The van der Waals surface area contributed by atoms with E-state index in [-0.39, 0.29) is 23.7 Å². The molecule has 2 aliphatic rings. The number of rotatable bonds is 5. The third-order valence-corrected chi connectivity index (χ3v) is 5.90. The van der Waals surface area contributed by atoms with E-state index < -0.39 is 0 Å². The van der Waals surface area contributed by atoms with Gasteiger partial charge < -0.3 is 19.1 Å². The van der Waals surface area contributed by atoms with Gasteiger partial charge in [-0.25, -0.2) is 9.18 Å². The molecular formula is C22H28FN5O4. The smallest absolute Gasteiger partial charge is 0.409 e. The number of carbonyl (C=O) groups excluding carboxylic acids is 2. The van der Waals surface area contributed by atoms with Crippen molar-refractivity contribution >= 4 is 12.0 Å². The van der Waals surface area contributed by atoms with Crippen molar-refractivity contribution in [2.45, 2.75) is 25.7 Å². The van der Waals surface area contributed by atoms with E-state index >= 15 is 0 Å². The normalized spacial score (nSPS) is 19.8. The summed E-state index contributed by atoms with van der Waals surface area (Å²) in [5.41, 5.74) is 0.574. The van der Waals surface area contributed by atoms with Crippen molar-refractivity contribution in [3.8, 4) is 11.4 Å². The third-order valence-electron chi connectivity index (χ3n) is 5.90. The van der Waals surface area contributed by atoms with Crippen LogP contribution in [0, 0.1) is 5.82 Å². The molecule has 1 aromatic carbocycles. The summed E-state index contributed by atoms with van der Waals surface area (Å²) < 4.78 is 24.0. The summed E-state index contributed by atoms with van der Waals surface area (Å²) in [4.78, 5) is 34.6. The van der Waals surface area contributed by atoms with Crippen LogP contribution in [0.15, 0.2) is 28.8 Å². The molecule has 10 heteroatoms. The van der Waals surface area contributed by atoms with Crippen molar-refractivity contribution in [1.29, 1.82) is 0 Å². The largest absolute Gasteiger partial charge is 0.450 e. The SMILES string of the molecule is CCOC(=O)N1CCN(C(=O)CN2CCC[C@H](c3nc(-c4cccc(F)c4)no3)C2)CC1. The fraction of sp³-hybridized carbons (Fsp3) is 0.545. The number of benzene rings is 1. The van der Waals surface area contributed by atoms with Gasteiger partial charge in [0.1, 0.15) is 5.82 Å². The summed E-state index contributed by atoms with van der Waals surface area (Å²) in [6.45, 7) is 5.91. The van der Waals surface area contributed by atoms with Crippen molar-refractivity contribution in [1.82, 2.24) is 24.8 Å². The molecule has 0 saturated carbocycles. The lowest BCUT2D eigenvalue weighted by molar-refractivity contribution is -0.134. The zero-order valence-corrected chi connectivity index (χ0v) is 18.2. The van der Waals surface area contributed by atoms with Gasteiger partial charge in [-0.2, -0.15) is 4.98 Å². The number of hydrogen-bond acceptors (Lipinski definition) is 7. The quantitative estimate of drug-likeness (QED) is 0.698. The average molecular weight is 445 g/mol. The molecular weight excluding hydrogens is 417 g/mol. The zero-order chi connectivity index (χ0) is 22.5. The highest BCUT2D eigenvalue weighted by atomic mass is 19.1. The van der Waals surface area contributed by atoms with Gasteiger partial charge in [0.05, 0.1) is 19.1 Å². The molecule has 2 saturated heterocycles. The second kappa shape index (κ2) is 10.1. The van der Waals surface area contributed by atoms with Crippen LogP contribution in [0.1, 0.15) is 31.6 Å². The van der Waals surface area contributed by atoms with Gasteiger partial charge in [0, 0.05) is 38.3 Å². The number of piperidine rings is 1. The van der Waals surface area contributed by atoms with Crippen LogP contribution in [-0.4, -0.2) is 89.3 Å². The monoisotopic (exact) mass is 445 g/mol. The van der Waals surface area contributed by atoms with E-state index in [4.69, 9.17) is 9.26 Å². The fourth-order valence-electron chi connectivity index (χ4n) is 4.19. The van der Waals surface area contributed by atoms with Gasteiger partial charge in [0.15, 0.2) is 0 Å². The maximum Gasteiger partial charge on any atom is 0.409 e. The molecule has 2 amide bonds. The summed E-state index contributed by atoms with van der Waals surface area (Å²) in [5, 5.41) is 4.01. The maximum atomic E-state index is 13.5. The van der Waals surface area contributed by atoms with Crippen LogP contribution in [0.5, 0.6) is 0 Å². The number of aromatic nitrogens is 2. The number of amides is 2. The molecule has 9 nitrogen and oxygen atoms in total. The highest BCUT2D eigenvalue weighted by molar-refractivity contribution is 5.78. The van der Waals surface area contributed by atoms with Crippen LogP contribution in [0.4, 0.5) is 9.18 Å². The lowest BCUT2D eigenvalue weighted by atomic mass is 9.98. The summed E-state index contributed by atoms with van der Waals surface area (Å²) in [5.74, 6) is 0.628. The highest BCUT2D eigenvalue weighted by Crippen LogP contribution is 2.27. The molecule has 0 radical (unpaired) electrons. The van der Waals surface area contributed by atoms with Gasteiger partial charge in [-0.15, -0.1) is 0 Å². The number of carbonyl (C=O) groups is 2. The number of hydrogen-bond donors (Lipinski definition) is 0. The molecule has 0 unspecified atom stereocenters. The Morgan fingerprint density at radius 1 is 1.19 bits per heavy atom. The average Bonchev–Trinajstić information content (AvgIpc) is 3.30. The van der Waals surface area contributed by atoms with E-state index in [0.717, 1.165) is 19.4 Å². The van der Waals surface area contributed by atoms with E-state index in [0.29, 0.717) is 63.2 Å². The molecule has 0 N–H and O–H groups in total. The van der Waals surface area contributed by atoms with Gasteiger partial charge in [-0.3, -0.25) is 9.69 Å². The van der Waals surface area contributed by atoms with Crippen LogP contribution in [-0.2, 0) is 9.53 Å². The van der Waals surface area contributed by atoms with Crippen LogP contribution in [0.2, 0.25) is 0 Å². The zero-order valence-electron chi connectivity index (χ0n) is 18.2. The van der Waals surface area contributed by atoms with Crippen LogP contribution < -0.4 is 0 Å². The molecule has 2 aliphatic heterocycles. The van der Waals surface area contributed by atoms with Gasteiger partial charge >= 0.3 is 6.09 Å². The van der Waals surface area contributed by atoms with Crippen molar-refractivity contribution < 1.29 is 23.2 Å². The predicted octanol–water partition coefficient (Wildman–Crippen LogP) is 2.36. The molecule has 0 aliphatic carbocycles. The van der Waals surface area contributed by atoms with E-state index in [2.05, 4.69) is 15.0 Å². The summed E-state index contributed by atoms with van der Waals surface area (Å²) in [6, 6.07) is 6.10. The number of likely N-dealkylation sites (tertiary alicyclic amines) is 1. The van der Waals surface area contributed by atoms with Gasteiger partial charge in [-0.05, 0) is 38.4 Å². The first-order valence-corrected chi connectivity index (χ1v) is 11.0. The van der Waals surface area contributed by atoms with Crippen LogP contribution in [0.3, 0.4) is 0 Å². The topological polar surface area (TPSA) is 92.0 Å². The van der Waals surface area contributed by atoms with Gasteiger partial charge in [0.25, 0.3) is 0 Å². The third kappa shape index (κ3) is 5.24. The first kappa shape index (κ1) is 22.2. The van der Waals surface area contributed by atoms with E-state index in [1.54, 1.807) is 28.9 Å². The molecule has 2 aromatic rings. The Hall–Kier alpha value is -3.01. The first-order chi connectivity index (χ1) is 15.5.